The number of nitrogens with two attached hydrogens (primary N) is 1. The van der Waals surface area contributed by atoms with Gasteiger partial charge in [0.2, 0.25) is 0 Å². The van der Waals surface area contributed by atoms with Gasteiger partial charge in [-0.25, -0.2) is 0 Å². The van der Waals surface area contributed by atoms with E-state index in [0.29, 0.717) is 11.7 Å². The first-order chi connectivity index (χ1) is 7.75. The summed E-state index contributed by atoms with van der Waals surface area (Å²) >= 11 is 0. The molecular weight excluding hydrogens is 198 g/mol. The fourth-order valence-electron chi connectivity index (χ4n) is 2.50. The predicted molar refractivity (Wildman–Crippen MR) is 65.2 cm³/mol. The highest BCUT2D eigenvalue weighted by molar-refractivity contribution is 5.74. The van der Waals surface area contributed by atoms with Gasteiger partial charge in [-0.05, 0) is 35.4 Å². The molecule has 16 heavy (non-hydrogen) atoms. The van der Waals surface area contributed by atoms with Crippen molar-refractivity contribution in [3.05, 3.63) is 35.5 Å². The molecule has 0 fully saturated rings. The Morgan fingerprint density at radius 1 is 1.44 bits per heavy atom. The van der Waals surface area contributed by atoms with Gasteiger partial charge in [0, 0.05) is 5.56 Å². The molecule has 0 amide bonds. The number of aromatic nitrogens is 2. The number of aryl methyl sites for hydroxylation is 1. The molecule has 1 aromatic heterocycles. The van der Waals surface area contributed by atoms with Gasteiger partial charge in [-0.3, -0.25) is 5.10 Å². The molecule has 0 saturated carbocycles. The monoisotopic (exact) mass is 213 g/mol. The number of nitrogens with zero attached hydrogens (tertiary/aromatic N) is 1. The number of H-pyrrole nitrogens is 1. The second-order valence-electron chi connectivity index (χ2n) is 4.55. The number of nitrogen functional groups attached to an aromatic ring is 1. The summed E-state index contributed by atoms with van der Waals surface area (Å²) in [5.74, 6) is 1.31. The van der Waals surface area contributed by atoms with Crippen LogP contribution in [-0.4, -0.2) is 10.2 Å². The van der Waals surface area contributed by atoms with Crippen molar-refractivity contribution >= 4 is 5.82 Å². The van der Waals surface area contributed by atoms with Crippen molar-refractivity contribution in [2.75, 3.05) is 5.73 Å². The molecule has 2 aromatic rings. The van der Waals surface area contributed by atoms with Crippen LogP contribution >= 0.6 is 0 Å². The van der Waals surface area contributed by atoms with Gasteiger partial charge in [0.15, 0.2) is 0 Å². The Morgan fingerprint density at radius 3 is 3.06 bits per heavy atom. The van der Waals surface area contributed by atoms with E-state index in [9.17, 15) is 0 Å². The van der Waals surface area contributed by atoms with Crippen LogP contribution in [0.4, 0.5) is 5.82 Å². The van der Waals surface area contributed by atoms with Crippen molar-refractivity contribution in [3.8, 4) is 11.1 Å². The molecule has 0 spiro atoms. The maximum absolute atomic E-state index is 5.83. The number of fused-ring (bicyclic) bond motifs is 1. The lowest BCUT2D eigenvalue weighted by Crippen LogP contribution is -1.90. The first-order valence-corrected chi connectivity index (χ1v) is 5.68. The van der Waals surface area contributed by atoms with Crippen molar-refractivity contribution in [2.24, 2.45) is 0 Å². The summed E-state index contributed by atoms with van der Waals surface area (Å²) in [6.45, 7) is 2.29. The third kappa shape index (κ3) is 1.32. The fraction of sp³-hybridized carbons (Fsp3) is 0.308. The molecule has 0 radical (unpaired) electrons. The Labute approximate surface area is 94.7 Å². The lowest BCUT2D eigenvalue weighted by molar-refractivity contribution is 0.747. The van der Waals surface area contributed by atoms with Gasteiger partial charge < -0.3 is 5.73 Å². The number of benzene rings is 1. The third-order valence-electron chi connectivity index (χ3n) is 3.50. The fourth-order valence-corrected chi connectivity index (χ4v) is 2.50. The largest absolute Gasteiger partial charge is 0.384 e. The van der Waals surface area contributed by atoms with Gasteiger partial charge in [0.05, 0.1) is 6.20 Å². The summed E-state index contributed by atoms with van der Waals surface area (Å²) in [6, 6.07) is 6.62. The Hall–Kier alpha value is -1.77. The molecule has 3 N–H and O–H groups in total. The van der Waals surface area contributed by atoms with Gasteiger partial charge in [-0.15, -0.1) is 0 Å². The molecular formula is C13H15N3. The molecule has 1 aromatic carbocycles. The number of aromatic amines is 1. The van der Waals surface area contributed by atoms with Gasteiger partial charge >= 0.3 is 0 Å². The van der Waals surface area contributed by atoms with E-state index in [1.54, 1.807) is 6.20 Å². The summed E-state index contributed by atoms with van der Waals surface area (Å²) in [5, 5.41) is 6.73. The van der Waals surface area contributed by atoms with Crippen LogP contribution in [0.1, 0.15) is 30.4 Å². The maximum Gasteiger partial charge on any atom is 0.126 e. The van der Waals surface area contributed by atoms with E-state index < -0.39 is 0 Å². The van der Waals surface area contributed by atoms with Crippen LogP contribution in [0.15, 0.2) is 24.4 Å². The lowest BCUT2D eigenvalue weighted by atomic mass is 9.98. The molecule has 1 unspecified atom stereocenters. The van der Waals surface area contributed by atoms with E-state index in [0.717, 1.165) is 5.56 Å². The second-order valence-corrected chi connectivity index (χ2v) is 4.55. The zero-order chi connectivity index (χ0) is 11.1. The number of anilines is 1. The summed E-state index contributed by atoms with van der Waals surface area (Å²) in [4.78, 5) is 0. The Morgan fingerprint density at radius 2 is 2.31 bits per heavy atom. The molecule has 3 heteroatoms. The normalized spacial score (nSPS) is 18.7. The Balaban J connectivity index is 2.11. The van der Waals surface area contributed by atoms with Crippen LogP contribution in [0.5, 0.6) is 0 Å². The van der Waals surface area contributed by atoms with Crippen LogP contribution in [0.25, 0.3) is 11.1 Å². The van der Waals surface area contributed by atoms with E-state index in [1.165, 1.54) is 29.5 Å². The van der Waals surface area contributed by atoms with Gasteiger partial charge in [-0.1, -0.05) is 25.1 Å². The standard InChI is InChI=1S/C13H15N3/c1-8-2-3-9-4-5-10(6-11(8)9)12-7-15-16-13(12)14/h4-8H,2-3H2,1H3,(H3,14,15,16). The topological polar surface area (TPSA) is 54.7 Å². The molecule has 3 rings (SSSR count). The minimum absolute atomic E-state index is 0.644. The van der Waals surface area contributed by atoms with Gasteiger partial charge in [0.1, 0.15) is 5.82 Å². The van der Waals surface area contributed by atoms with E-state index >= 15 is 0 Å². The van der Waals surface area contributed by atoms with Crippen molar-refractivity contribution in [3.63, 3.8) is 0 Å². The Kier molecular flexibility index (Phi) is 1.99. The smallest absolute Gasteiger partial charge is 0.126 e. The van der Waals surface area contributed by atoms with Crippen LogP contribution in [0.2, 0.25) is 0 Å². The molecule has 1 heterocycles. The summed E-state index contributed by atoms with van der Waals surface area (Å²) < 4.78 is 0. The number of hydrogen-bond acceptors (Lipinski definition) is 2. The highest BCUT2D eigenvalue weighted by Gasteiger charge is 2.19. The first kappa shape index (κ1) is 9.46. The molecule has 1 aliphatic carbocycles. The van der Waals surface area contributed by atoms with E-state index in [-0.39, 0.29) is 0 Å². The molecule has 82 valence electrons. The lowest BCUT2D eigenvalue weighted by Gasteiger charge is -2.07. The van der Waals surface area contributed by atoms with Crippen molar-refractivity contribution < 1.29 is 0 Å². The first-order valence-electron chi connectivity index (χ1n) is 5.68. The number of hydrogen-bond donors (Lipinski definition) is 2. The zero-order valence-electron chi connectivity index (χ0n) is 9.33. The number of nitrogens with one attached hydrogen (secondary N) is 1. The predicted octanol–water partition coefficient (Wildman–Crippen LogP) is 2.71. The van der Waals surface area contributed by atoms with Gasteiger partial charge in [0.25, 0.3) is 0 Å². The second kappa shape index (κ2) is 3.37. The molecule has 0 saturated heterocycles. The molecule has 3 nitrogen and oxygen atoms in total. The number of rotatable bonds is 1. The summed E-state index contributed by atoms with van der Waals surface area (Å²) in [5.41, 5.74) is 11.0. The van der Waals surface area contributed by atoms with E-state index in [2.05, 4.69) is 35.3 Å². The maximum atomic E-state index is 5.83. The minimum atomic E-state index is 0.644. The van der Waals surface area contributed by atoms with Crippen molar-refractivity contribution in [1.82, 2.24) is 10.2 Å². The quantitative estimate of drug-likeness (QED) is 0.765. The molecule has 0 bridgehead atoms. The third-order valence-corrected chi connectivity index (χ3v) is 3.50. The van der Waals surface area contributed by atoms with Gasteiger partial charge in [-0.2, -0.15) is 5.10 Å². The zero-order valence-corrected chi connectivity index (χ0v) is 9.33. The summed E-state index contributed by atoms with van der Waals surface area (Å²) in [6.07, 6.45) is 4.26. The Bertz CT molecular complexity index is 528. The SMILES string of the molecule is CC1CCc2ccc(-c3cn[nH]c3N)cc21. The molecule has 0 aliphatic heterocycles. The average Bonchev–Trinajstić information content (AvgIpc) is 2.86. The van der Waals surface area contributed by atoms with E-state index in [4.69, 9.17) is 5.73 Å². The van der Waals surface area contributed by atoms with Crippen LogP contribution in [0.3, 0.4) is 0 Å². The van der Waals surface area contributed by atoms with Crippen molar-refractivity contribution in [1.29, 1.82) is 0 Å². The highest BCUT2D eigenvalue weighted by atomic mass is 15.1. The average molecular weight is 213 g/mol. The highest BCUT2D eigenvalue weighted by Crippen LogP contribution is 2.36. The minimum Gasteiger partial charge on any atom is -0.384 e. The van der Waals surface area contributed by atoms with Crippen molar-refractivity contribution in [2.45, 2.75) is 25.7 Å². The molecule has 1 aliphatic rings. The van der Waals surface area contributed by atoms with Crippen LogP contribution in [0, 0.1) is 0 Å². The summed E-state index contributed by atoms with van der Waals surface area (Å²) in [7, 11) is 0. The molecule has 1 atom stereocenters. The van der Waals surface area contributed by atoms with Crippen LogP contribution in [-0.2, 0) is 6.42 Å². The van der Waals surface area contributed by atoms with Crippen LogP contribution < -0.4 is 5.73 Å². The van der Waals surface area contributed by atoms with E-state index in [1.807, 2.05) is 0 Å².